The minimum absolute atomic E-state index is 0.0959. The molecule has 27 heavy (non-hydrogen) atoms. The van der Waals surface area contributed by atoms with Gasteiger partial charge in [-0.3, -0.25) is 0 Å². The first kappa shape index (κ1) is 19.2. The zero-order valence-corrected chi connectivity index (χ0v) is 17.3. The molecule has 1 fully saturated rings. The molecule has 0 amide bonds. The minimum Gasteiger partial charge on any atom is -0.314 e. The highest BCUT2D eigenvalue weighted by atomic mass is 35.5. The summed E-state index contributed by atoms with van der Waals surface area (Å²) in [6.45, 7) is 1.38. The Hall–Kier alpha value is -1.15. The van der Waals surface area contributed by atoms with E-state index in [1.54, 1.807) is 22.5 Å². The number of fused-ring (bicyclic) bond motifs is 1. The van der Waals surface area contributed by atoms with Crippen LogP contribution >= 0.6 is 23.2 Å². The van der Waals surface area contributed by atoms with Crippen molar-refractivity contribution < 1.29 is 8.42 Å². The number of aromatic nitrogens is 3. The van der Waals surface area contributed by atoms with Gasteiger partial charge in [-0.2, -0.15) is 4.31 Å². The van der Waals surface area contributed by atoms with Gasteiger partial charge in [-0.25, -0.2) is 8.42 Å². The summed E-state index contributed by atoms with van der Waals surface area (Å²) in [4.78, 5) is 0. The Balaban J connectivity index is 1.61. The summed E-state index contributed by atoms with van der Waals surface area (Å²) in [7, 11) is -3.50. The van der Waals surface area contributed by atoms with Gasteiger partial charge in [0.15, 0.2) is 5.82 Å². The van der Waals surface area contributed by atoms with Crippen molar-refractivity contribution in [1.29, 1.82) is 0 Å². The van der Waals surface area contributed by atoms with Gasteiger partial charge in [0.05, 0.1) is 21.8 Å². The molecule has 9 heteroatoms. The van der Waals surface area contributed by atoms with Crippen molar-refractivity contribution >= 4 is 33.2 Å². The van der Waals surface area contributed by atoms with E-state index in [0.717, 1.165) is 50.3 Å². The maximum atomic E-state index is 13.1. The van der Waals surface area contributed by atoms with Gasteiger partial charge >= 0.3 is 0 Å². The fraction of sp³-hybridized carbons (Fsp3) is 0.556. The van der Waals surface area contributed by atoms with E-state index >= 15 is 0 Å². The number of nitrogens with zero attached hydrogens (tertiary/aromatic N) is 4. The number of hydrogen-bond acceptors (Lipinski definition) is 4. The van der Waals surface area contributed by atoms with E-state index < -0.39 is 10.0 Å². The summed E-state index contributed by atoms with van der Waals surface area (Å²) in [6, 6.07) is 4.72. The van der Waals surface area contributed by atoms with Crippen molar-refractivity contribution in [2.75, 3.05) is 6.54 Å². The summed E-state index contributed by atoms with van der Waals surface area (Å²) in [5.74, 6) is 1.68. The molecule has 0 radical (unpaired) electrons. The average molecular weight is 429 g/mol. The number of benzene rings is 1. The Morgan fingerprint density at radius 3 is 2.70 bits per heavy atom. The van der Waals surface area contributed by atoms with E-state index in [-0.39, 0.29) is 11.8 Å². The van der Waals surface area contributed by atoms with Crippen LogP contribution in [-0.2, 0) is 28.7 Å². The second kappa shape index (κ2) is 7.70. The summed E-state index contributed by atoms with van der Waals surface area (Å²) in [5, 5.41) is 9.51. The predicted octanol–water partition coefficient (Wildman–Crippen LogP) is 3.98. The first-order valence-corrected chi connectivity index (χ1v) is 11.7. The molecule has 1 aromatic carbocycles. The Morgan fingerprint density at radius 1 is 1.04 bits per heavy atom. The van der Waals surface area contributed by atoms with E-state index in [1.807, 2.05) is 0 Å². The third-order valence-electron chi connectivity index (χ3n) is 5.33. The second-order valence-electron chi connectivity index (χ2n) is 7.21. The number of hydrogen-bond donors (Lipinski definition) is 0. The van der Waals surface area contributed by atoms with E-state index in [0.29, 0.717) is 22.2 Å². The van der Waals surface area contributed by atoms with Crippen molar-refractivity contribution in [3.8, 4) is 0 Å². The summed E-state index contributed by atoms with van der Waals surface area (Å²) >= 11 is 12.0. The molecule has 0 aliphatic carbocycles. The Labute approximate surface area is 169 Å². The third kappa shape index (κ3) is 3.88. The molecule has 2 aliphatic heterocycles. The molecule has 0 N–H and O–H groups in total. The van der Waals surface area contributed by atoms with Gasteiger partial charge < -0.3 is 4.57 Å². The lowest BCUT2D eigenvalue weighted by molar-refractivity contribution is 0.370. The SMILES string of the molecule is O=S(=O)(Cc1ccc(Cl)c(Cl)c1)N1CCCC1c1nnc2n1CCCCC2. The van der Waals surface area contributed by atoms with Crippen LogP contribution in [0, 0.1) is 0 Å². The van der Waals surface area contributed by atoms with Crippen LogP contribution in [0.4, 0.5) is 0 Å². The smallest absolute Gasteiger partial charge is 0.218 e. The van der Waals surface area contributed by atoms with Crippen molar-refractivity contribution in [3.05, 3.63) is 45.5 Å². The third-order valence-corrected chi connectivity index (χ3v) is 7.92. The standard InChI is InChI=1S/C18H22Cl2N4O2S/c19-14-8-7-13(11-15(14)20)12-27(25,26)24-10-4-5-16(24)18-22-21-17-6-2-1-3-9-23(17)18/h7-8,11,16H,1-6,9-10,12H2. The summed E-state index contributed by atoms with van der Waals surface area (Å²) < 4.78 is 30.0. The molecule has 1 aromatic heterocycles. The minimum atomic E-state index is -3.50. The van der Waals surface area contributed by atoms with Crippen molar-refractivity contribution in [1.82, 2.24) is 19.1 Å². The van der Waals surface area contributed by atoms with Crippen LogP contribution in [0.2, 0.25) is 10.0 Å². The molecule has 2 aliphatic rings. The highest BCUT2D eigenvalue weighted by molar-refractivity contribution is 7.88. The molecule has 0 spiro atoms. The monoisotopic (exact) mass is 428 g/mol. The lowest BCUT2D eigenvalue weighted by atomic mass is 10.2. The maximum absolute atomic E-state index is 13.1. The van der Waals surface area contributed by atoms with Crippen LogP contribution in [0.15, 0.2) is 18.2 Å². The van der Waals surface area contributed by atoms with Crippen molar-refractivity contribution in [2.24, 2.45) is 0 Å². The Morgan fingerprint density at radius 2 is 1.89 bits per heavy atom. The van der Waals surface area contributed by atoms with Crippen molar-refractivity contribution in [3.63, 3.8) is 0 Å². The summed E-state index contributed by atoms with van der Waals surface area (Å²) in [6.07, 6.45) is 5.89. The molecule has 1 saturated heterocycles. The molecule has 0 saturated carbocycles. The molecule has 3 heterocycles. The van der Waals surface area contributed by atoms with Gasteiger partial charge in [-0.1, -0.05) is 35.7 Å². The van der Waals surface area contributed by atoms with E-state index in [9.17, 15) is 8.42 Å². The van der Waals surface area contributed by atoms with Gasteiger partial charge in [0.25, 0.3) is 0 Å². The van der Waals surface area contributed by atoms with Crippen LogP contribution < -0.4 is 0 Å². The predicted molar refractivity (Wildman–Crippen MR) is 105 cm³/mol. The largest absolute Gasteiger partial charge is 0.314 e. The van der Waals surface area contributed by atoms with Gasteiger partial charge in [0, 0.05) is 19.5 Å². The van der Waals surface area contributed by atoms with E-state index in [1.165, 1.54) is 6.42 Å². The van der Waals surface area contributed by atoms with Gasteiger partial charge in [-0.05, 0) is 43.4 Å². The normalized spacial score (nSPS) is 21.2. The van der Waals surface area contributed by atoms with Crippen LogP contribution in [0.3, 0.4) is 0 Å². The van der Waals surface area contributed by atoms with Crippen LogP contribution in [0.25, 0.3) is 0 Å². The van der Waals surface area contributed by atoms with E-state index in [2.05, 4.69) is 14.8 Å². The summed E-state index contributed by atoms with van der Waals surface area (Å²) in [5.41, 5.74) is 0.634. The average Bonchev–Trinajstić information content (AvgIpc) is 3.19. The zero-order chi connectivity index (χ0) is 19.0. The second-order valence-corrected chi connectivity index (χ2v) is 9.95. The molecular formula is C18H22Cl2N4O2S. The molecular weight excluding hydrogens is 407 g/mol. The van der Waals surface area contributed by atoms with Gasteiger partial charge in [-0.15, -0.1) is 10.2 Å². The highest BCUT2D eigenvalue weighted by Gasteiger charge is 2.38. The fourth-order valence-electron chi connectivity index (χ4n) is 4.01. The lowest BCUT2D eigenvalue weighted by Crippen LogP contribution is -2.33. The first-order valence-electron chi connectivity index (χ1n) is 9.31. The first-order chi connectivity index (χ1) is 13.0. The quantitative estimate of drug-likeness (QED) is 0.738. The number of rotatable bonds is 4. The molecule has 6 nitrogen and oxygen atoms in total. The van der Waals surface area contributed by atoms with Crippen LogP contribution in [0.5, 0.6) is 0 Å². The zero-order valence-electron chi connectivity index (χ0n) is 14.9. The molecule has 0 bridgehead atoms. The topological polar surface area (TPSA) is 68.1 Å². The number of aryl methyl sites for hydroxylation is 1. The maximum Gasteiger partial charge on any atom is 0.218 e. The number of halogens is 2. The molecule has 1 atom stereocenters. The number of sulfonamides is 1. The van der Waals surface area contributed by atoms with Crippen LogP contribution in [-0.4, -0.2) is 34.0 Å². The fourth-order valence-corrected chi connectivity index (χ4v) is 6.09. The lowest BCUT2D eigenvalue weighted by Gasteiger charge is -2.24. The highest BCUT2D eigenvalue weighted by Crippen LogP contribution is 2.36. The van der Waals surface area contributed by atoms with Gasteiger partial charge in [0.2, 0.25) is 10.0 Å². The molecule has 146 valence electrons. The Bertz CT molecular complexity index is 945. The van der Waals surface area contributed by atoms with Gasteiger partial charge in [0.1, 0.15) is 5.82 Å². The van der Waals surface area contributed by atoms with E-state index in [4.69, 9.17) is 23.2 Å². The molecule has 2 aromatic rings. The molecule has 1 unspecified atom stereocenters. The Kier molecular flexibility index (Phi) is 5.47. The molecule has 4 rings (SSSR count). The van der Waals surface area contributed by atoms with Crippen LogP contribution in [0.1, 0.15) is 55.4 Å². The van der Waals surface area contributed by atoms with Crippen molar-refractivity contribution in [2.45, 2.75) is 56.9 Å².